The van der Waals surface area contributed by atoms with Crippen molar-refractivity contribution in [3.8, 4) is 0 Å². The van der Waals surface area contributed by atoms with Crippen LogP contribution in [0.1, 0.15) is 6.92 Å². The summed E-state index contributed by atoms with van der Waals surface area (Å²) in [6.45, 7) is 1.21. The van der Waals surface area contributed by atoms with Gasteiger partial charge >= 0.3 is 0 Å². The average molecular weight is 299 g/mol. The van der Waals surface area contributed by atoms with Crippen molar-refractivity contribution in [2.75, 3.05) is 13.9 Å². The van der Waals surface area contributed by atoms with Gasteiger partial charge in [0.2, 0.25) is 0 Å². The molecule has 0 radical (unpaired) electrons. The van der Waals surface area contributed by atoms with Crippen molar-refractivity contribution >= 4 is 0 Å². The van der Waals surface area contributed by atoms with Gasteiger partial charge in [-0.25, -0.2) is 0 Å². The Morgan fingerprint density at radius 2 is 1.25 bits per heavy atom. The number of hydrogen-bond acceptors (Lipinski definition) is 0. The third kappa shape index (κ3) is 850. The first-order chi connectivity index (χ1) is 3.41. The molecule has 0 bridgehead atoms. The van der Waals surface area contributed by atoms with Gasteiger partial charge in [-0.3, -0.25) is 8.78 Å². The van der Waals surface area contributed by atoms with Crippen LogP contribution in [0, 0.1) is 7.18 Å². The Hall–Kier alpha value is 0.478. The topological polar surface area (TPSA) is 0 Å². The van der Waals surface area contributed by atoms with E-state index in [0.29, 0.717) is 7.18 Å². The fourth-order valence-corrected chi connectivity index (χ4v) is 0. The predicted molar refractivity (Wildman–Crippen MR) is 25.1 cm³/mol. The van der Waals surface area contributed by atoms with E-state index in [1.807, 2.05) is 0 Å². The number of hydrogen-bond donors (Lipinski definition) is 0. The molecule has 0 nitrogen and oxygen atoms in total. The standard InChI is InChI=1S/C2H5F.CH3F.CH2F.W/c1-2-3;2*1-2;/h2H2,1H3;1H3;1H2;/q;;-1;. The van der Waals surface area contributed by atoms with Crippen molar-refractivity contribution < 1.29 is 34.2 Å². The molecule has 0 fully saturated rings. The summed E-state index contributed by atoms with van der Waals surface area (Å²) in [5, 5.41) is 0. The summed E-state index contributed by atoms with van der Waals surface area (Å²) in [4.78, 5) is 0. The third-order valence-corrected chi connectivity index (χ3v) is 0. The Bertz CT molecular complexity index is 11.2. The maximum absolute atomic E-state index is 10.3. The fraction of sp³-hybridized carbons (Fsp3) is 0.750. The predicted octanol–water partition coefficient (Wildman–Crippen LogP) is 2.31. The SMILES string of the molecule is CCF.CF.[CH2-]F.[W]. The zero-order chi connectivity index (χ0) is 6.71. The Kier molecular flexibility index (Phi) is 424. The van der Waals surface area contributed by atoms with Gasteiger partial charge < -0.3 is 4.39 Å². The first kappa shape index (κ1) is 23.6. The molecular weight excluding hydrogens is 289 g/mol. The van der Waals surface area contributed by atoms with Crippen LogP contribution >= 0.6 is 0 Å². The van der Waals surface area contributed by atoms with Gasteiger partial charge in [0.05, 0.1) is 13.9 Å². The second-order valence-electron chi connectivity index (χ2n) is 0.267. The van der Waals surface area contributed by atoms with Crippen LogP contribution in [-0.2, 0) is 21.1 Å². The molecule has 0 aromatic heterocycles. The van der Waals surface area contributed by atoms with Crippen LogP contribution < -0.4 is 0 Å². The van der Waals surface area contributed by atoms with Gasteiger partial charge in [0.25, 0.3) is 0 Å². The molecule has 0 N–H and O–H groups in total. The molecule has 0 amide bonds. The van der Waals surface area contributed by atoms with Crippen molar-refractivity contribution in [3.05, 3.63) is 7.18 Å². The van der Waals surface area contributed by atoms with Gasteiger partial charge in [-0.05, 0) is 6.92 Å². The zero-order valence-corrected chi connectivity index (χ0v) is 7.89. The largest absolute Gasteiger partial charge is 0.463 e. The minimum absolute atomic E-state index is 0. The van der Waals surface area contributed by atoms with E-state index in [0.717, 1.165) is 0 Å². The van der Waals surface area contributed by atoms with Crippen molar-refractivity contribution in [3.63, 3.8) is 0 Å². The monoisotopic (exact) mass is 299 g/mol. The summed E-state index contributed by atoms with van der Waals surface area (Å²) in [5.41, 5.74) is 0. The van der Waals surface area contributed by atoms with Gasteiger partial charge in [-0.1, -0.05) is 0 Å². The molecule has 0 aliphatic carbocycles. The van der Waals surface area contributed by atoms with E-state index in [-0.39, 0.29) is 27.7 Å². The Balaban J connectivity index is -0.0000000147. The van der Waals surface area contributed by atoms with Gasteiger partial charge in [0.1, 0.15) is 0 Å². The minimum atomic E-state index is -0.250. The average Bonchev–Trinajstić information content (AvgIpc) is 1.78. The van der Waals surface area contributed by atoms with E-state index in [4.69, 9.17) is 0 Å². The molecule has 0 spiro atoms. The molecule has 4 heteroatoms. The molecule has 54 valence electrons. The Morgan fingerprint density at radius 1 is 1.25 bits per heavy atom. The fourth-order valence-electron chi connectivity index (χ4n) is 0. The van der Waals surface area contributed by atoms with E-state index in [1.165, 1.54) is 6.92 Å². The summed E-state index contributed by atoms with van der Waals surface area (Å²) in [6.07, 6.45) is 0. The van der Waals surface area contributed by atoms with Crippen molar-refractivity contribution in [1.82, 2.24) is 0 Å². The van der Waals surface area contributed by atoms with Gasteiger partial charge in [0, 0.05) is 21.1 Å². The van der Waals surface area contributed by atoms with Crippen LogP contribution in [0.25, 0.3) is 0 Å². The van der Waals surface area contributed by atoms with Crippen LogP contribution in [0.4, 0.5) is 13.2 Å². The summed E-state index contributed by atoms with van der Waals surface area (Å²) < 4.78 is 29.0. The maximum atomic E-state index is 10.3. The first-order valence-electron chi connectivity index (χ1n) is 1.62. The quantitative estimate of drug-likeness (QED) is 0.602. The van der Waals surface area contributed by atoms with Crippen LogP contribution in [0.3, 0.4) is 0 Å². The molecule has 0 aliphatic heterocycles. The molecule has 0 atom stereocenters. The van der Waals surface area contributed by atoms with Gasteiger partial charge in [-0.15, -0.1) is 0 Å². The van der Waals surface area contributed by atoms with Crippen molar-refractivity contribution in [2.45, 2.75) is 6.92 Å². The maximum Gasteiger partial charge on any atom is 0.0866 e. The van der Waals surface area contributed by atoms with E-state index in [1.54, 1.807) is 7.18 Å². The number of halogens is 3. The third-order valence-electron chi connectivity index (χ3n) is 0. The normalized spacial score (nSPS) is 3.75. The smallest absolute Gasteiger partial charge is 0.0866 e. The summed E-state index contributed by atoms with van der Waals surface area (Å²) in [6, 6.07) is 0. The molecule has 0 aromatic rings. The van der Waals surface area contributed by atoms with Gasteiger partial charge in [0.15, 0.2) is 0 Å². The van der Waals surface area contributed by atoms with E-state index in [2.05, 4.69) is 0 Å². The van der Waals surface area contributed by atoms with Crippen LogP contribution in [0.2, 0.25) is 0 Å². The zero-order valence-electron chi connectivity index (χ0n) is 4.96. The molecular formula is C4H10F3W-. The number of alkyl halides is 2. The van der Waals surface area contributed by atoms with E-state index >= 15 is 0 Å². The Labute approximate surface area is 62.7 Å². The molecule has 0 unspecified atom stereocenters. The van der Waals surface area contributed by atoms with Crippen molar-refractivity contribution in [1.29, 1.82) is 0 Å². The Morgan fingerprint density at radius 3 is 1.25 bits per heavy atom. The molecule has 8 heavy (non-hydrogen) atoms. The minimum Gasteiger partial charge on any atom is -0.463 e. The molecule has 0 aliphatic rings. The second-order valence-corrected chi connectivity index (χ2v) is 0.267. The van der Waals surface area contributed by atoms with Crippen molar-refractivity contribution in [2.24, 2.45) is 0 Å². The molecule has 0 rings (SSSR count). The second kappa shape index (κ2) is 144. The first-order valence-corrected chi connectivity index (χ1v) is 1.62. The molecule has 0 aromatic carbocycles. The molecule has 0 saturated carbocycles. The van der Waals surface area contributed by atoms with Gasteiger partial charge in [-0.2, -0.15) is 7.18 Å². The number of rotatable bonds is 0. The summed E-state index contributed by atoms with van der Waals surface area (Å²) in [5.74, 6) is 0. The summed E-state index contributed by atoms with van der Waals surface area (Å²) in [7, 11) is 2.25. The van der Waals surface area contributed by atoms with E-state index < -0.39 is 0 Å². The van der Waals surface area contributed by atoms with Crippen LogP contribution in [0.5, 0.6) is 0 Å². The van der Waals surface area contributed by atoms with Crippen LogP contribution in [0.15, 0.2) is 0 Å². The van der Waals surface area contributed by atoms with Crippen LogP contribution in [-0.4, -0.2) is 13.9 Å². The molecule has 0 saturated heterocycles. The summed E-state index contributed by atoms with van der Waals surface area (Å²) >= 11 is 0. The van der Waals surface area contributed by atoms with E-state index in [9.17, 15) is 13.2 Å². The molecule has 0 heterocycles.